The molecule has 0 aliphatic rings. The van der Waals surface area contributed by atoms with E-state index in [2.05, 4.69) is 52.9 Å². The molecule has 108 valence electrons. The summed E-state index contributed by atoms with van der Waals surface area (Å²) in [6.07, 6.45) is 1.95. The topological polar surface area (TPSA) is 34.1 Å². The van der Waals surface area contributed by atoms with E-state index < -0.39 is 0 Å². The average Bonchev–Trinajstić information content (AvgIpc) is 2.95. The Labute approximate surface area is 128 Å². The molecule has 2 aromatic heterocycles. The Hall–Kier alpha value is -1.91. The summed E-state index contributed by atoms with van der Waals surface area (Å²) in [5.41, 5.74) is 4.53. The van der Waals surface area contributed by atoms with Crippen molar-refractivity contribution in [3.8, 4) is 0 Å². The fourth-order valence-electron chi connectivity index (χ4n) is 2.35. The molecule has 0 fully saturated rings. The van der Waals surface area contributed by atoms with E-state index in [1.807, 2.05) is 12.3 Å². The van der Waals surface area contributed by atoms with Gasteiger partial charge in [-0.05, 0) is 47.7 Å². The molecule has 0 saturated carbocycles. The third kappa shape index (κ3) is 3.23. The van der Waals surface area contributed by atoms with Crippen molar-refractivity contribution in [2.24, 2.45) is 0 Å². The molecule has 3 rings (SSSR count). The highest BCUT2D eigenvalue weighted by molar-refractivity contribution is 7.17. The SMILES string of the molecule is COCc1cccc(NC(C)c2cnc3ccsc3c2)c1. The highest BCUT2D eigenvalue weighted by atomic mass is 32.1. The van der Waals surface area contributed by atoms with Gasteiger partial charge in [-0.3, -0.25) is 4.98 Å². The smallest absolute Gasteiger partial charge is 0.0809 e. The highest BCUT2D eigenvalue weighted by Gasteiger charge is 2.08. The quantitative estimate of drug-likeness (QED) is 0.746. The second-order valence-electron chi connectivity index (χ2n) is 5.07. The number of ether oxygens (including phenoxy) is 1. The molecule has 21 heavy (non-hydrogen) atoms. The van der Waals surface area contributed by atoms with Crippen molar-refractivity contribution in [2.45, 2.75) is 19.6 Å². The van der Waals surface area contributed by atoms with Gasteiger partial charge >= 0.3 is 0 Å². The van der Waals surface area contributed by atoms with Crippen LogP contribution in [0.3, 0.4) is 0 Å². The van der Waals surface area contributed by atoms with Crippen LogP contribution in [0.1, 0.15) is 24.1 Å². The summed E-state index contributed by atoms with van der Waals surface area (Å²) < 4.78 is 6.41. The van der Waals surface area contributed by atoms with Crippen molar-refractivity contribution in [2.75, 3.05) is 12.4 Å². The van der Waals surface area contributed by atoms with Crippen LogP contribution in [0.25, 0.3) is 10.2 Å². The highest BCUT2D eigenvalue weighted by Crippen LogP contribution is 2.25. The molecule has 3 nitrogen and oxygen atoms in total. The van der Waals surface area contributed by atoms with Crippen LogP contribution < -0.4 is 5.32 Å². The van der Waals surface area contributed by atoms with Crippen LogP contribution in [0.2, 0.25) is 0 Å². The van der Waals surface area contributed by atoms with Crippen molar-refractivity contribution in [3.63, 3.8) is 0 Å². The second kappa shape index (κ2) is 6.24. The fraction of sp³-hybridized carbons (Fsp3) is 0.235. The molecule has 3 aromatic rings. The van der Waals surface area contributed by atoms with Crippen molar-refractivity contribution in [3.05, 3.63) is 59.1 Å². The number of methoxy groups -OCH3 is 1. The van der Waals surface area contributed by atoms with Crippen LogP contribution in [0.4, 0.5) is 5.69 Å². The molecule has 2 heterocycles. The molecule has 0 spiro atoms. The first-order valence-corrected chi connectivity index (χ1v) is 7.82. The Bertz CT molecular complexity index is 738. The lowest BCUT2D eigenvalue weighted by Crippen LogP contribution is -2.07. The standard InChI is InChI=1S/C17H18N2OS/c1-12(14-9-17-16(18-10-14)6-7-21-17)19-15-5-3-4-13(8-15)11-20-2/h3-10,12,19H,11H2,1-2H3. The molecule has 0 amide bonds. The number of thiophene rings is 1. The van der Waals surface area contributed by atoms with Crippen molar-refractivity contribution < 1.29 is 4.74 Å². The summed E-state index contributed by atoms with van der Waals surface area (Å²) in [6, 6.07) is 12.8. The van der Waals surface area contributed by atoms with Gasteiger partial charge in [-0.2, -0.15) is 0 Å². The number of benzene rings is 1. The van der Waals surface area contributed by atoms with Gasteiger partial charge in [-0.25, -0.2) is 0 Å². The minimum Gasteiger partial charge on any atom is -0.380 e. The predicted molar refractivity (Wildman–Crippen MR) is 88.8 cm³/mol. The number of anilines is 1. The summed E-state index contributed by atoms with van der Waals surface area (Å²) in [7, 11) is 1.71. The summed E-state index contributed by atoms with van der Waals surface area (Å²) in [4.78, 5) is 4.50. The molecule has 1 aromatic carbocycles. The summed E-state index contributed by atoms with van der Waals surface area (Å²) >= 11 is 1.73. The minimum atomic E-state index is 0.210. The van der Waals surface area contributed by atoms with Gasteiger partial charge in [0.1, 0.15) is 0 Å². The monoisotopic (exact) mass is 298 g/mol. The summed E-state index contributed by atoms with van der Waals surface area (Å²) in [5.74, 6) is 0. The normalized spacial score (nSPS) is 12.5. The van der Waals surface area contributed by atoms with Gasteiger partial charge in [-0.15, -0.1) is 11.3 Å². The number of aromatic nitrogens is 1. The maximum atomic E-state index is 5.18. The van der Waals surface area contributed by atoms with E-state index in [0.29, 0.717) is 6.61 Å². The molecule has 1 N–H and O–H groups in total. The molecule has 0 aliphatic carbocycles. The van der Waals surface area contributed by atoms with Gasteiger partial charge < -0.3 is 10.1 Å². The third-order valence-electron chi connectivity index (χ3n) is 3.44. The molecule has 4 heteroatoms. The Morgan fingerprint density at radius 3 is 3.05 bits per heavy atom. The molecule has 0 saturated heterocycles. The van der Waals surface area contributed by atoms with Crippen LogP contribution in [0, 0.1) is 0 Å². The molecule has 0 radical (unpaired) electrons. The van der Waals surface area contributed by atoms with E-state index in [1.165, 1.54) is 15.8 Å². The number of nitrogens with one attached hydrogen (secondary N) is 1. The lowest BCUT2D eigenvalue weighted by atomic mass is 10.1. The largest absolute Gasteiger partial charge is 0.380 e. The number of pyridine rings is 1. The first kappa shape index (κ1) is 14.0. The van der Waals surface area contributed by atoms with Crippen LogP contribution in [0.5, 0.6) is 0 Å². The first-order chi connectivity index (χ1) is 10.3. The van der Waals surface area contributed by atoms with Gasteiger partial charge in [0.15, 0.2) is 0 Å². The van der Waals surface area contributed by atoms with Crippen LogP contribution in [-0.2, 0) is 11.3 Å². The molecule has 1 unspecified atom stereocenters. The van der Waals surface area contributed by atoms with E-state index in [1.54, 1.807) is 18.4 Å². The Morgan fingerprint density at radius 1 is 1.29 bits per heavy atom. The second-order valence-corrected chi connectivity index (χ2v) is 6.02. The van der Waals surface area contributed by atoms with Gasteiger partial charge in [-0.1, -0.05) is 12.1 Å². The van der Waals surface area contributed by atoms with E-state index in [4.69, 9.17) is 4.74 Å². The lowest BCUT2D eigenvalue weighted by Gasteiger charge is -2.16. The summed E-state index contributed by atoms with van der Waals surface area (Å²) in [6.45, 7) is 2.78. The van der Waals surface area contributed by atoms with Crippen LogP contribution in [-0.4, -0.2) is 12.1 Å². The number of hydrogen-bond acceptors (Lipinski definition) is 4. The lowest BCUT2D eigenvalue weighted by molar-refractivity contribution is 0.185. The molecule has 0 aliphatic heterocycles. The van der Waals surface area contributed by atoms with Crippen molar-refractivity contribution in [1.82, 2.24) is 4.98 Å². The van der Waals surface area contributed by atoms with E-state index in [-0.39, 0.29) is 6.04 Å². The zero-order valence-electron chi connectivity index (χ0n) is 12.2. The van der Waals surface area contributed by atoms with Gasteiger partial charge in [0.05, 0.1) is 22.9 Å². The van der Waals surface area contributed by atoms with Gasteiger partial charge in [0, 0.05) is 19.0 Å². The Kier molecular flexibility index (Phi) is 4.18. The molecule has 0 bridgehead atoms. The minimum absolute atomic E-state index is 0.210. The maximum absolute atomic E-state index is 5.18. The van der Waals surface area contributed by atoms with Crippen molar-refractivity contribution >= 4 is 27.2 Å². The Morgan fingerprint density at radius 2 is 2.19 bits per heavy atom. The van der Waals surface area contributed by atoms with Gasteiger partial charge in [0.25, 0.3) is 0 Å². The zero-order valence-corrected chi connectivity index (χ0v) is 13.0. The predicted octanol–water partition coefficient (Wildman–Crippen LogP) is 4.62. The number of hydrogen-bond donors (Lipinski definition) is 1. The van der Waals surface area contributed by atoms with Crippen LogP contribution in [0.15, 0.2) is 48.0 Å². The zero-order chi connectivity index (χ0) is 14.7. The summed E-state index contributed by atoms with van der Waals surface area (Å²) in [5, 5.41) is 5.60. The third-order valence-corrected chi connectivity index (χ3v) is 4.30. The molecular weight excluding hydrogens is 280 g/mol. The molecule has 1 atom stereocenters. The molecular formula is C17H18N2OS. The van der Waals surface area contributed by atoms with E-state index in [0.717, 1.165) is 11.2 Å². The fourth-order valence-corrected chi connectivity index (χ4v) is 3.14. The first-order valence-electron chi connectivity index (χ1n) is 6.94. The van der Waals surface area contributed by atoms with Crippen LogP contribution >= 0.6 is 11.3 Å². The van der Waals surface area contributed by atoms with E-state index in [9.17, 15) is 0 Å². The number of nitrogens with zero attached hydrogens (tertiary/aromatic N) is 1. The average molecular weight is 298 g/mol. The van der Waals surface area contributed by atoms with Gasteiger partial charge in [0.2, 0.25) is 0 Å². The van der Waals surface area contributed by atoms with E-state index >= 15 is 0 Å². The van der Waals surface area contributed by atoms with Crippen molar-refractivity contribution in [1.29, 1.82) is 0 Å². The number of rotatable bonds is 5. The maximum Gasteiger partial charge on any atom is 0.0809 e. The number of fused-ring (bicyclic) bond motifs is 1. The Balaban J connectivity index is 1.78.